The van der Waals surface area contributed by atoms with Gasteiger partial charge in [0.05, 0.1) is 22.4 Å². The molecule has 3 N–H and O–H groups in total. The fourth-order valence-electron chi connectivity index (χ4n) is 3.97. The Morgan fingerprint density at radius 3 is 2.33 bits per heavy atom. The highest BCUT2D eigenvalue weighted by Gasteiger charge is 2.54. The Kier molecular flexibility index (Phi) is 4.69. The number of carbonyl (C=O) groups is 3. The zero-order chi connectivity index (χ0) is 17.4. The maximum atomic E-state index is 12.4. The molecule has 8 heteroatoms. The normalized spacial score (nSPS) is 27.8. The Labute approximate surface area is 148 Å². The van der Waals surface area contributed by atoms with Crippen molar-refractivity contribution in [1.29, 1.82) is 0 Å². The quantitative estimate of drug-likeness (QED) is 0.712. The lowest BCUT2D eigenvalue weighted by Gasteiger charge is -2.27. The van der Waals surface area contributed by atoms with E-state index in [1.54, 1.807) is 0 Å². The Hall–Kier alpha value is -1.79. The number of halogens is 2. The van der Waals surface area contributed by atoms with Crippen molar-refractivity contribution in [1.82, 2.24) is 10.9 Å². The van der Waals surface area contributed by atoms with Gasteiger partial charge in [0, 0.05) is 5.02 Å². The Balaban J connectivity index is 1.65. The zero-order valence-electron chi connectivity index (χ0n) is 12.6. The van der Waals surface area contributed by atoms with E-state index in [-0.39, 0.29) is 22.4 Å². The molecule has 0 heterocycles. The molecule has 128 valence electrons. The zero-order valence-corrected chi connectivity index (χ0v) is 14.1. The maximum absolute atomic E-state index is 12.4. The topological polar surface area (TPSA) is 95.5 Å². The third kappa shape index (κ3) is 3.08. The molecule has 4 atom stereocenters. The maximum Gasteiger partial charge on any atom is 0.307 e. The minimum Gasteiger partial charge on any atom is -0.481 e. The van der Waals surface area contributed by atoms with Crippen LogP contribution in [-0.4, -0.2) is 22.9 Å². The minimum absolute atomic E-state index is 0.0460. The van der Waals surface area contributed by atoms with E-state index in [0.717, 1.165) is 19.3 Å². The highest BCUT2D eigenvalue weighted by molar-refractivity contribution is 6.36. The molecule has 2 fully saturated rings. The lowest BCUT2D eigenvalue weighted by Crippen LogP contribution is -2.48. The van der Waals surface area contributed by atoms with Crippen LogP contribution in [0.2, 0.25) is 10.0 Å². The van der Waals surface area contributed by atoms with Gasteiger partial charge < -0.3 is 5.11 Å². The standard InChI is InChI=1S/C16H16Cl2N2O4/c17-9-3-4-10(11(18)6-9)14(21)19-20-15(22)12-7-1-2-8(5-7)13(12)16(23)24/h3-4,6-8,12-13H,1-2,5H2,(H,19,21)(H,20,22)(H,23,24). The lowest BCUT2D eigenvalue weighted by atomic mass is 9.79. The summed E-state index contributed by atoms with van der Waals surface area (Å²) in [6.07, 6.45) is 2.45. The molecule has 0 aromatic heterocycles. The van der Waals surface area contributed by atoms with Gasteiger partial charge in [-0.25, -0.2) is 0 Å². The van der Waals surface area contributed by atoms with E-state index in [1.807, 2.05) is 0 Å². The summed E-state index contributed by atoms with van der Waals surface area (Å²) in [7, 11) is 0. The number of amides is 2. The van der Waals surface area contributed by atoms with E-state index in [9.17, 15) is 19.5 Å². The molecule has 0 aliphatic heterocycles. The number of carbonyl (C=O) groups excluding carboxylic acids is 2. The molecule has 0 spiro atoms. The third-order valence-corrected chi connectivity index (χ3v) is 5.53. The third-order valence-electron chi connectivity index (χ3n) is 4.98. The Morgan fingerprint density at radius 1 is 1.04 bits per heavy atom. The number of carboxylic acid groups (broad SMARTS) is 1. The van der Waals surface area contributed by atoms with E-state index in [4.69, 9.17) is 23.2 Å². The molecule has 3 rings (SSSR count). The van der Waals surface area contributed by atoms with Gasteiger partial charge in [0.2, 0.25) is 5.91 Å². The van der Waals surface area contributed by atoms with E-state index in [0.29, 0.717) is 5.02 Å². The van der Waals surface area contributed by atoms with Gasteiger partial charge >= 0.3 is 5.97 Å². The van der Waals surface area contributed by atoms with Crippen LogP contribution in [0.5, 0.6) is 0 Å². The largest absolute Gasteiger partial charge is 0.481 e. The molecule has 0 saturated heterocycles. The fraction of sp³-hybridized carbons (Fsp3) is 0.438. The summed E-state index contributed by atoms with van der Waals surface area (Å²) in [5.41, 5.74) is 4.81. The number of hydrogen-bond donors (Lipinski definition) is 3. The van der Waals surface area contributed by atoms with Gasteiger partial charge in [-0.15, -0.1) is 0 Å². The van der Waals surface area contributed by atoms with Crippen LogP contribution in [0.3, 0.4) is 0 Å². The number of hydrogen-bond acceptors (Lipinski definition) is 3. The van der Waals surface area contributed by atoms with E-state index >= 15 is 0 Å². The first kappa shape index (κ1) is 17.0. The van der Waals surface area contributed by atoms with Gasteiger partial charge in [0.15, 0.2) is 0 Å². The van der Waals surface area contributed by atoms with Gasteiger partial charge in [0.1, 0.15) is 0 Å². The highest BCUT2D eigenvalue weighted by Crippen LogP contribution is 2.52. The predicted molar refractivity (Wildman–Crippen MR) is 87.5 cm³/mol. The Morgan fingerprint density at radius 2 is 1.71 bits per heavy atom. The molecule has 2 aliphatic rings. The molecular weight excluding hydrogens is 355 g/mol. The SMILES string of the molecule is O=C(NNC(=O)C1C2CCC(C2)C1C(=O)O)c1ccc(Cl)cc1Cl. The summed E-state index contributed by atoms with van der Waals surface area (Å²) < 4.78 is 0. The molecule has 2 saturated carbocycles. The van der Waals surface area contributed by atoms with Crippen molar-refractivity contribution >= 4 is 41.0 Å². The number of nitrogens with one attached hydrogen (secondary N) is 2. The molecule has 6 nitrogen and oxygen atoms in total. The molecule has 4 unspecified atom stereocenters. The number of aliphatic carboxylic acids is 1. The molecular formula is C16H16Cl2N2O4. The van der Waals surface area contributed by atoms with E-state index < -0.39 is 29.6 Å². The summed E-state index contributed by atoms with van der Waals surface area (Å²) in [4.78, 5) is 35.9. The molecule has 1 aromatic carbocycles. The smallest absolute Gasteiger partial charge is 0.307 e. The van der Waals surface area contributed by atoms with Crippen LogP contribution in [-0.2, 0) is 9.59 Å². The molecule has 2 aliphatic carbocycles. The average molecular weight is 371 g/mol. The van der Waals surface area contributed by atoms with Crippen molar-refractivity contribution in [2.75, 3.05) is 0 Å². The van der Waals surface area contributed by atoms with Crippen molar-refractivity contribution in [3.05, 3.63) is 33.8 Å². The number of rotatable bonds is 3. The summed E-state index contributed by atoms with van der Waals surface area (Å²) in [6.45, 7) is 0. The summed E-state index contributed by atoms with van der Waals surface area (Å²) in [5, 5.41) is 9.93. The second kappa shape index (κ2) is 6.61. The Bertz CT molecular complexity index is 709. The number of carboxylic acids is 1. The molecule has 24 heavy (non-hydrogen) atoms. The number of hydrazine groups is 1. The highest BCUT2D eigenvalue weighted by atomic mass is 35.5. The van der Waals surface area contributed by atoms with E-state index in [1.165, 1.54) is 18.2 Å². The van der Waals surface area contributed by atoms with Crippen LogP contribution >= 0.6 is 23.2 Å². The van der Waals surface area contributed by atoms with Gasteiger partial charge in [-0.2, -0.15) is 0 Å². The van der Waals surface area contributed by atoms with Crippen molar-refractivity contribution in [3.63, 3.8) is 0 Å². The first-order valence-corrected chi connectivity index (χ1v) is 8.42. The van der Waals surface area contributed by atoms with Crippen LogP contribution in [0.25, 0.3) is 0 Å². The van der Waals surface area contributed by atoms with E-state index in [2.05, 4.69) is 10.9 Å². The van der Waals surface area contributed by atoms with Crippen LogP contribution in [0.1, 0.15) is 29.6 Å². The van der Waals surface area contributed by atoms with Crippen molar-refractivity contribution in [3.8, 4) is 0 Å². The lowest BCUT2D eigenvalue weighted by molar-refractivity contribution is -0.149. The van der Waals surface area contributed by atoms with Crippen molar-refractivity contribution in [2.45, 2.75) is 19.3 Å². The molecule has 2 amide bonds. The number of benzene rings is 1. The molecule has 1 aromatic rings. The predicted octanol–water partition coefficient (Wildman–Crippen LogP) is 2.50. The van der Waals surface area contributed by atoms with Crippen LogP contribution in [0, 0.1) is 23.7 Å². The van der Waals surface area contributed by atoms with Gasteiger partial charge in [-0.1, -0.05) is 23.2 Å². The van der Waals surface area contributed by atoms with Crippen LogP contribution in [0.4, 0.5) is 0 Å². The van der Waals surface area contributed by atoms with Gasteiger partial charge in [0.25, 0.3) is 5.91 Å². The van der Waals surface area contributed by atoms with Gasteiger partial charge in [-0.05, 0) is 49.3 Å². The fourth-order valence-corrected chi connectivity index (χ4v) is 4.46. The number of fused-ring (bicyclic) bond motifs is 2. The van der Waals surface area contributed by atoms with Crippen LogP contribution in [0.15, 0.2) is 18.2 Å². The molecule has 0 radical (unpaired) electrons. The van der Waals surface area contributed by atoms with Crippen molar-refractivity contribution < 1.29 is 19.5 Å². The van der Waals surface area contributed by atoms with Crippen LogP contribution < -0.4 is 10.9 Å². The van der Waals surface area contributed by atoms with Crippen molar-refractivity contribution in [2.24, 2.45) is 23.7 Å². The first-order valence-electron chi connectivity index (χ1n) is 7.66. The minimum atomic E-state index is -0.950. The average Bonchev–Trinajstić information content (AvgIpc) is 3.13. The summed E-state index contributed by atoms with van der Waals surface area (Å²) in [5.74, 6) is -3.18. The first-order chi connectivity index (χ1) is 11.4. The van der Waals surface area contributed by atoms with Gasteiger partial charge in [-0.3, -0.25) is 25.2 Å². The summed E-state index contributed by atoms with van der Waals surface area (Å²) in [6, 6.07) is 4.39. The second-order valence-corrected chi connectivity index (χ2v) is 7.13. The molecule has 2 bridgehead atoms. The monoisotopic (exact) mass is 370 g/mol. The summed E-state index contributed by atoms with van der Waals surface area (Å²) >= 11 is 11.7. The second-order valence-electron chi connectivity index (χ2n) is 6.29.